The number of aryl methyl sites for hydroxylation is 2. The first kappa shape index (κ1) is 14.9. The third-order valence-corrected chi connectivity index (χ3v) is 4.08. The Hall–Kier alpha value is -1.55. The van der Waals surface area contributed by atoms with Gasteiger partial charge >= 0.3 is 0 Å². The minimum atomic E-state index is 0.755. The molecule has 0 saturated carbocycles. The highest BCUT2D eigenvalue weighted by atomic mass is 79.9. The summed E-state index contributed by atoms with van der Waals surface area (Å²) in [5.74, 6) is 1.84. The van der Waals surface area contributed by atoms with Crippen LogP contribution in [0.5, 0.6) is 5.75 Å². The third-order valence-electron chi connectivity index (χ3n) is 3.25. The van der Waals surface area contributed by atoms with E-state index in [0.717, 1.165) is 29.0 Å². The van der Waals surface area contributed by atoms with Gasteiger partial charge in [-0.3, -0.25) is 0 Å². The van der Waals surface area contributed by atoms with E-state index < -0.39 is 0 Å². The summed E-state index contributed by atoms with van der Waals surface area (Å²) in [5, 5.41) is 3.35. The van der Waals surface area contributed by atoms with Crippen molar-refractivity contribution in [3.8, 4) is 5.75 Å². The molecule has 0 spiro atoms. The maximum atomic E-state index is 5.34. The van der Waals surface area contributed by atoms with E-state index in [1.54, 1.807) is 7.11 Å². The average molecular weight is 335 g/mol. The second-order valence-corrected chi connectivity index (χ2v) is 5.53. The number of aromatic nitrogens is 1. The molecule has 0 bridgehead atoms. The van der Waals surface area contributed by atoms with Crippen LogP contribution in [0.15, 0.2) is 34.9 Å². The minimum Gasteiger partial charge on any atom is -0.496 e. The first-order chi connectivity index (χ1) is 9.63. The molecule has 0 fully saturated rings. The van der Waals surface area contributed by atoms with Gasteiger partial charge in [0, 0.05) is 17.2 Å². The van der Waals surface area contributed by atoms with Crippen molar-refractivity contribution in [1.82, 2.24) is 4.98 Å². The smallest absolute Gasteiger partial charge is 0.126 e. The van der Waals surface area contributed by atoms with Crippen LogP contribution in [-0.2, 0) is 13.0 Å². The number of halogens is 1. The summed E-state index contributed by atoms with van der Waals surface area (Å²) in [6, 6.07) is 8.32. The Morgan fingerprint density at radius 3 is 2.75 bits per heavy atom. The molecule has 3 nitrogen and oxygen atoms in total. The second-order valence-electron chi connectivity index (χ2n) is 4.67. The van der Waals surface area contributed by atoms with Gasteiger partial charge in [-0.25, -0.2) is 4.98 Å². The summed E-state index contributed by atoms with van der Waals surface area (Å²) in [5.41, 5.74) is 3.63. The van der Waals surface area contributed by atoms with E-state index in [1.807, 2.05) is 18.3 Å². The summed E-state index contributed by atoms with van der Waals surface area (Å²) >= 11 is 3.46. The van der Waals surface area contributed by atoms with Crippen molar-refractivity contribution in [3.63, 3.8) is 0 Å². The number of rotatable bonds is 5. The van der Waals surface area contributed by atoms with Crippen LogP contribution in [0.4, 0.5) is 5.82 Å². The molecule has 0 unspecified atom stereocenters. The zero-order valence-corrected chi connectivity index (χ0v) is 13.6. The molecule has 2 rings (SSSR count). The molecule has 1 aromatic heterocycles. The number of anilines is 1. The predicted molar refractivity (Wildman–Crippen MR) is 86.4 cm³/mol. The Kier molecular flexibility index (Phi) is 5.01. The molecule has 0 aliphatic heterocycles. The molecular weight excluding hydrogens is 316 g/mol. The largest absolute Gasteiger partial charge is 0.496 e. The number of benzene rings is 1. The molecule has 4 heteroatoms. The van der Waals surface area contributed by atoms with E-state index in [1.165, 1.54) is 16.7 Å². The van der Waals surface area contributed by atoms with Gasteiger partial charge in [-0.15, -0.1) is 0 Å². The number of hydrogen-bond acceptors (Lipinski definition) is 3. The van der Waals surface area contributed by atoms with Crippen molar-refractivity contribution in [3.05, 3.63) is 51.6 Å². The summed E-state index contributed by atoms with van der Waals surface area (Å²) in [6.45, 7) is 4.94. The Morgan fingerprint density at radius 2 is 2.10 bits per heavy atom. The van der Waals surface area contributed by atoms with Crippen molar-refractivity contribution in [2.75, 3.05) is 12.4 Å². The molecule has 2 aromatic rings. The SMILES string of the molecule is CCc1cc(CNc2cc(C)c(Br)cn2)ccc1OC. The average Bonchev–Trinajstić information content (AvgIpc) is 2.48. The number of ether oxygens (including phenoxy) is 1. The van der Waals surface area contributed by atoms with Crippen LogP contribution in [-0.4, -0.2) is 12.1 Å². The fourth-order valence-corrected chi connectivity index (χ4v) is 2.26. The Balaban J connectivity index is 2.08. The van der Waals surface area contributed by atoms with Crippen LogP contribution in [0.25, 0.3) is 0 Å². The number of nitrogens with one attached hydrogen (secondary N) is 1. The zero-order valence-electron chi connectivity index (χ0n) is 12.0. The fraction of sp³-hybridized carbons (Fsp3) is 0.312. The van der Waals surface area contributed by atoms with Crippen LogP contribution in [0.2, 0.25) is 0 Å². The normalized spacial score (nSPS) is 10.4. The molecule has 1 N–H and O–H groups in total. The molecule has 0 aliphatic rings. The minimum absolute atomic E-state index is 0.755. The zero-order chi connectivity index (χ0) is 14.5. The lowest BCUT2D eigenvalue weighted by Crippen LogP contribution is -2.03. The quantitative estimate of drug-likeness (QED) is 0.883. The van der Waals surface area contributed by atoms with Gasteiger partial charge in [-0.2, -0.15) is 0 Å². The van der Waals surface area contributed by atoms with E-state index in [-0.39, 0.29) is 0 Å². The lowest BCUT2D eigenvalue weighted by atomic mass is 10.1. The lowest BCUT2D eigenvalue weighted by molar-refractivity contribution is 0.410. The van der Waals surface area contributed by atoms with Crippen LogP contribution >= 0.6 is 15.9 Å². The molecule has 1 heterocycles. The standard InChI is InChI=1S/C16H19BrN2O/c1-4-13-8-12(5-6-15(13)20-3)9-18-16-7-11(2)14(17)10-19-16/h5-8,10H,4,9H2,1-3H3,(H,18,19). The van der Waals surface area contributed by atoms with E-state index >= 15 is 0 Å². The highest BCUT2D eigenvalue weighted by Gasteiger charge is 2.03. The molecule has 0 atom stereocenters. The molecule has 0 radical (unpaired) electrons. The van der Waals surface area contributed by atoms with E-state index in [2.05, 4.69) is 52.2 Å². The first-order valence-electron chi connectivity index (χ1n) is 6.65. The van der Waals surface area contributed by atoms with Gasteiger partial charge in [0.25, 0.3) is 0 Å². The summed E-state index contributed by atoms with van der Waals surface area (Å²) in [7, 11) is 1.71. The molecule has 0 aliphatic carbocycles. The molecule has 1 aromatic carbocycles. The molecule has 0 amide bonds. The first-order valence-corrected chi connectivity index (χ1v) is 7.45. The van der Waals surface area contributed by atoms with Gasteiger partial charge < -0.3 is 10.1 Å². The van der Waals surface area contributed by atoms with Gasteiger partial charge in [0.15, 0.2) is 0 Å². The summed E-state index contributed by atoms with van der Waals surface area (Å²) in [4.78, 5) is 4.35. The number of nitrogens with zero attached hydrogens (tertiary/aromatic N) is 1. The van der Waals surface area contributed by atoms with Crippen LogP contribution < -0.4 is 10.1 Å². The van der Waals surface area contributed by atoms with Crippen molar-refractivity contribution < 1.29 is 4.74 Å². The molecular formula is C16H19BrN2O. The molecule has 20 heavy (non-hydrogen) atoms. The van der Waals surface area contributed by atoms with Gasteiger partial charge in [0.2, 0.25) is 0 Å². The second kappa shape index (κ2) is 6.75. The van der Waals surface area contributed by atoms with Gasteiger partial charge in [-0.05, 0) is 58.1 Å². The number of hydrogen-bond donors (Lipinski definition) is 1. The molecule has 0 saturated heterocycles. The van der Waals surface area contributed by atoms with Crippen LogP contribution in [0.1, 0.15) is 23.6 Å². The maximum absolute atomic E-state index is 5.34. The lowest BCUT2D eigenvalue weighted by Gasteiger charge is -2.11. The number of pyridine rings is 1. The third kappa shape index (κ3) is 3.51. The Bertz CT molecular complexity index is 599. The van der Waals surface area contributed by atoms with Crippen LogP contribution in [0.3, 0.4) is 0 Å². The topological polar surface area (TPSA) is 34.2 Å². The monoisotopic (exact) mass is 334 g/mol. The van der Waals surface area contributed by atoms with Crippen LogP contribution in [0, 0.1) is 6.92 Å². The Morgan fingerprint density at radius 1 is 1.30 bits per heavy atom. The highest BCUT2D eigenvalue weighted by Crippen LogP contribution is 2.21. The van der Waals surface area contributed by atoms with Gasteiger partial charge in [0.05, 0.1) is 7.11 Å². The maximum Gasteiger partial charge on any atom is 0.126 e. The van der Waals surface area contributed by atoms with Gasteiger partial charge in [-0.1, -0.05) is 19.1 Å². The van der Waals surface area contributed by atoms with Crippen molar-refractivity contribution in [2.24, 2.45) is 0 Å². The van der Waals surface area contributed by atoms with E-state index in [0.29, 0.717) is 0 Å². The molecule has 106 valence electrons. The predicted octanol–water partition coefficient (Wildman–Crippen LogP) is 4.34. The number of methoxy groups -OCH3 is 1. The van der Waals surface area contributed by atoms with E-state index in [9.17, 15) is 0 Å². The van der Waals surface area contributed by atoms with Crippen molar-refractivity contribution in [1.29, 1.82) is 0 Å². The Labute approximate surface area is 128 Å². The fourth-order valence-electron chi connectivity index (χ4n) is 2.05. The van der Waals surface area contributed by atoms with Crippen molar-refractivity contribution in [2.45, 2.75) is 26.8 Å². The van der Waals surface area contributed by atoms with Gasteiger partial charge in [0.1, 0.15) is 11.6 Å². The highest BCUT2D eigenvalue weighted by molar-refractivity contribution is 9.10. The summed E-state index contributed by atoms with van der Waals surface area (Å²) in [6.07, 6.45) is 2.79. The summed E-state index contributed by atoms with van der Waals surface area (Å²) < 4.78 is 6.37. The van der Waals surface area contributed by atoms with E-state index in [4.69, 9.17) is 4.74 Å². The van der Waals surface area contributed by atoms with Crippen molar-refractivity contribution >= 4 is 21.7 Å².